The van der Waals surface area contributed by atoms with Crippen molar-refractivity contribution in [1.82, 2.24) is 24.8 Å². The zero-order valence-corrected chi connectivity index (χ0v) is 21.9. The smallest absolute Gasteiger partial charge is 0.310 e. The van der Waals surface area contributed by atoms with Gasteiger partial charge in [-0.3, -0.25) is 4.79 Å². The molecule has 2 aromatic heterocycles. The highest BCUT2D eigenvalue weighted by Gasteiger charge is 2.65. The van der Waals surface area contributed by atoms with Gasteiger partial charge in [-0.25, -0.2) is 14.4 Å². The number of piperidine rings is 2. The maximum absolute atomic E-state index is 15.1. The van der Waals surface area contributed by atoms with Gasteiger partial charge in [0.1, 0.15) is 16.5 Å². The Kier molecular flexibility index (Phi) is 5.83. The minimum absolute atomic E-state index is 0.109. The van der Waals surface area contributed by atoms with Crippen LogP contribution in [0.25, 0.3) is 11.2 Å². The molecule has 39 heavy (non-hydrogen) atoms. The van der Waals surface area contributed by atoms with Crippen LogP contribution < -0.4 is 0 Å². The zero-order valence-electron chi connectivity index (χ0n) is 21.1. The van der Waals surface area contributed by atoms with E-state index in [1.165, 1.54) is 23.9 Å². The molecule has 13 heteroatoms. The van der Waals surface area contributed by atoms with Gasteiger partial charge in [0.05, 0.1) is 11.7 Å². The van der Waals surface area contributed by atoms with Gasteiger partial charge in [0.2, 0.25) is 0 Å². The van der Waals surface area contributed by atoms with Gasteiger partial charge in [-0.2, -0.15) is 0 Å². The number of carbonyl (C=O) groups excluding carboxylic acids is 1. The van der Waals surface area contributed by atoms with Crippen LogP contribution in [0.1, 0.15) is 72.1 Å². The van der Waals surface area contributed by atoms with E-state index < -0.39 is 26.8 Å². The van der Waals surface area contributed by atoms with Crippen molar-refractivity contribution in [2.75, 3.05) is 26.2 Å². The van der Waals surface area contributed by atoms with Crippen LogP contribution in [0.2, 0.25) is 0 Å². The molecule has 6 rings (SSSR count). The van der Waals surface area contributed by atoms with E-state index >= 15 is 4.39 Å². The lowest BCUT2D eigenvalue weighted by molar-refractivity contribution is 0.0712. The second kappa shape index (κ2) is 8.60. The van der Waals surface area contributed by atoms with Gasteiger partial charge < -0.3 is 14.8 Å². The number of hydrogen-bond acceptors (Lipinski definition) is 4. The zero-order chi connectivity index (χ0) is 27.6. The monoisotopic (exact) mass is 573 g/mol. The fraction of sp³-hybridized carbons (Fsp3) is 0.500. The summed E-state index contributed by atoms with van der Waals surface area (Å²) >= 11 is 0. The predicted octanol–water partition coefficient (Wildman–Crippen LogP) is 7.12. The standard InChI is InChI=1S/C26H29F6N5OS/c27-21-15-33-25-23(34-24(35-25)17-9-11-36(12-10-17)19-3-4-19)22(21)16-7-13-37(14-8-16)26(38)18-1-5-20(6-2-18)39(28,29,30,31)32/h1-2,5-6,15-17,19H,3-4,7-14H2,(H,33,34,35). The Hall–Kier alpha value is -2.80. The molecule has 3 aromatic rings. The topological polar surface area (TPSA) is 65.1 Å². The van der Waals surface area contributed by atoms with E-state index in [4.69, 9.17) is 0 Å². The summed E-state index contributed by atoms with van der Waals surface area (Å²) in [6.45, 7) is 2.54. The van der Waals surface area contributed by atoms with Gasteiger partial charge in [-0.1, -0.05) is 19.4 Å². The first-order chi connectivity index (χ1) is 18.3. The minimum Gasteiger partial charge on any atom is -0.340 e. The molecule has 3 aliphatic rings. The molecule has 0 radical (unpaired) electrons. The highest BCUT2D eigenvalue weighted by Crippen LogP contribution is 3.02. The number of aromatic amines is 1. The van der Waals surface area contributed by atoms with E-state index in [-0.39, 0.29) is 42.6 Å². The number of nitrogens with zero attached hydrogens (tertiary/aromatic N) is 4. The molecule has 1 N–H and O–H groups in total. The third-order valence-corrected chi connectivity index (χ3v) is 9.41. The van der Waals surface area contributed by atoms with Crippen molar-refractivity contribution in [3.05, 3.63) is 53.2 Å². The van der Waals surface area contributed by atoms with Crippen LogP contribution in [0.3, 0.4) is 0 Å². The average molecular weight is 574 g/mol. The maximum Gasteiger partial charge on any atom is 0.310 e. The van der Waals surface area contributed by atoms with Crippen LogP contribution in [0.4, 0.5) is 23.8 Å². The normalized spacial score (nSPS) is 22.2. The summed E-state index contributed by atoms with van der Waals surface area (Å²) in [6, 6.07) is 2.77. The number of amides is 1. The van der Waals surface area contributed by atoms with Crippen LogP contribution in [0.15, 0.2) is 35.4 Å². The van der Waals surface area contributed by atoms with Gasteiger partial charge >= 0.3 is 10.2 Å². The van der Waals surface area contributed by atoms with E-state index in [0.717, 1.165) is 49.9 Å². The molecule has 3 fully saturated rings. The molecule has 2 saturated heterocycles. The third-order valence-electron chi connectivity index (χ3n) is 8.25. The molecule has 1 amide bonds. The second-order valence-electron chi connectivity index (χ2n) is 10.9. The van der Waals surface area contributed by atoms with Crippen LogP contribution in [-0.2, 0) is 0 Å². The highest BCUT2D eigenvalue weighted by molar-refractivity contribution is 8.45. The molecule has 1 aliphatic carbocycles. The summed E-state index contributed by atoms with van der Waals surface area (Å²) in [6.07, 6.45) is 6.55. The average Bonchev–Trinajstić information content (AvgIpc) is 3.66. The number of pyridine rings is 1. The van der Waals surface area contributed by atoms with Crippen molar-refractivity contribution >= 4 is 27.3 Å². The van der Waals surface area contributed by atoms with Crippen molar-refractivity contribution < 1.29 is 28.6 Å². The number of rotatable bonds is 5. The van der Waals surface area contributed by atoms with Gasteiger partial charge in [0.25, 0.3) is 5.91 Å². The molecule has 212 valence electrons. The first-order valence-corrected chi connectivity index (χ1v) is 15.1. The largest absolute Gasteiger partial charge is 0.340 e. The molecule has 1 aromatic carbocycles. The highest BCUT2D eigenvalue weighted by atomic mass is 32.5. The van der Waals surface area contributed by atoms with E-state index in [1.54, 1.807) is 0 Å². The Morgan fingerprint density at radius 3 is 2.08 bits per heavy atom. The van der Waals surface area contributed by atoms with E-state index in [0.29, 0.717) is 29.6 Å². The van der Waals surface area contributed by atoms with E-state index in [1.807, 2.05) is 0 Å². The number of hydrogen-bond donors (Lipinski definition) is 1. The molecule has 6 nitrogen and oxygen atoms in total. The van der Waals surface area contributed by atoms with Crippen molar-refractivity contribution in [2.45, 2.75) is 61.3 Å². The fourth-order valence-electron chi connectivity index (χ4n) is 5.95. The van der Waals surface area contributed by atoms with Crippen LogP contribution in [-0.4, -0.2) is 62.9 Å². The Labute approximate surface area is 221 Å². The lowest BCUT2D eigenvalue weighted by Crippen LogP contribution is -2.38. The first kappa shape index (κ1) is 26.4. The Morgan fingerprint density at radius 2 is 1.49 bits per heavy atom. The van der Waals surface area contributed by atoms with E-state index in [9.17, 15) is 24.2 Å². The molecule has 1 saturated carbocycles. The fourth-order valence-corrected chi connectivity index (χ4v) is 6.60. The van der Waals surface area contributed by atoms with Crippen LogP contribution >= 0.6 is 10.2 Å². The van der Waals surface area contributed by atoms with Crippen molar-refractivity contribution in [3.8, 4) is 0 Å². The minimum atomic E-state index is -9.81. The number of aromatic nitrogens is 3. The maximum atomic E-state index is 15.1. The summed E-state index contributed by atoms with van der Waals surface area (Å²) in [5.74, 6) is -0.126. The Balaban J connectivity index is 1.15. The number of nitrogens with one attached hydrogen (secondary N) is 1. The first-order valence-electron chi connectivity index (χ1n) is 13.2. The van der Waals surface area contributed by atoms with Gasteiger partial charge in [0.15, 0.2) is 5.65 Å². The lowest BCUT2D eigenvalue weighted by atomic mass is 9.88. The van der Waals surface area contributed by atoms with Crippen molar-refractivity contribution in [2.24, 2.45) is 0 Å². The number of fused-ring (bicyclic) bond motifs is 1. The van der Waals surface area contributed by atoms with Gasteiger partial charge in [-0.05, 0) is 81.8 Å². The Morgan fingerprint density at radius 1 is 0.872 bits per heavy atom. The number of imidazole rings is 1. The Bertz CT molecular complexity index is 1410. The summed E-state index contributed by atoms with van der Waals surface area (Å²) in [4.78, 5) is 27.0. The summed E-state index contributed by atoms with van der Waals surface area (Å²) in [7, 11) is -9.81. The molecular weight excluding hydrogens is 544 g/mol. The molecule has 4 heterocycles. The lowest BCUT2D eigenvalue weighted by Gasteiger charge is -2.40. The second-order valence-corrected chi connectivity index (χ2v) is 13.4. The number of halogens is 6. The molecule has 0 unspecified atom stereocenters. The number of benzene rings is 1. The molecular formula is C26H29F6N5OS. The number of H-pyrrole nitrogens is 1. The third kappa shape index (κ3) is 5.34. The van der Waals surface area contributed by atoms with E-state index in [2.05, 4.69) is 19.9 Å². The molecule has 0 atom stereocenters. The van der Waals surface area contributed by atoms with Gasteiger partial charge in [-0.15, -0.1) is 0 Å². The summed E-state index contributed by atoms with van der Waals surface area (Å²) < 4.78 is 80.1. The molecule has 0 bridgehead atoms. The van der Waals surface area contributed by atoms with Gasteiger partial charge in [0, 0.05) is 36.2 Å². The summed E-state index contributed by atoms with van der Waals surface area (Å²) in [5.41, 5.74) is 1.42. The summed E-state index contributed by atoms with van der Waals surface area (Å²) in [5, 5.41) is 0. The number of carbonyl (C=O) groups is 1. The molecule has 2 aliphatic heterocycles. The van der Waals surface area contributed by atoms with Crippen molar-refractivity contribution in [3.63, 3.8) is 0 Å². The van der Waals surface area contributed by atoms with Crippen LogP contribution in [0.5, 0.6) is 0 Å². The predicted molar refractivity (Wildman–Crippen MR) is 136 cm³/mol. The quantitative estimate of drug-likeness (QED) is 0.330. The van der Waals surface area contributed by atoms with Crippen LogP contribution in [0, 0.1) is 5.82 Å². The van der Waals surface area contributed by atoms with Crippen molar-refractivity contribution in [1.29, 1.82) is 0 Å². The molecule has 0 spiro atoms. The SMILES string of the molecule is O=C(c1ccc(S(F)(F)(F)(F)F)cc1)N1CCC(c2c(F)cnc3nc(C4CCN(C5CC5)CC4)[nH]c23)CC1. The number of likely N-dealkylation sites (tertiary alicyclic amines) is 2.